The Morgan fingerprint density at radius 1 is 0.714 bits per heavy atom. The first-order valence-corrected chi connectivity index (χ1v) is 10.1. The number of rotatable bonds is 2. The molecule has 3 heterocycles. The number of imidazole rings is 1. The maximum Gasteiger partial charge on any atom is 0.422 e. The lowest BCUT2D eigenvalue weighted by Gasteiger charge is -2.60. The van der Waals surface area contributed by atoms with E-state index in [1.807, 2.05) is 12.3 Å². The second kappa shape index (κ2) is 7.42. The Labute approximate surface area is 171 Å². The maximum absolute atomic E-state index is 4.69. The highest BCUT2D eigenvalue weighted by atomic mass is 15.4. The summed E-state index contributed by atoms with van der Waals surface area (Å²) >= 11 is 0. The Kier molecular flexibility index (Phi) is 5.26. The van der Waals surface area contributed by atoms with Gasteiger partial charge in [-0.2, -0.15) is 0 Å². The highest BCUT2D eigenvalue weighted by Gasteiger charge is 2.58. The first kappa shape index (κ1) is 19.9. The molecule has 1 aromatic heterocycles. The smallest absolute Gasteiger partial charge is 0.372 e. The SMILES string of the molecule is CB1N(C)B(C)N2B(C)N(C)B(n3ccnc3-c3ccccc3)N(C)B2N1C. The number of fused-ring (bicyclic) bond motifs is 1. The molecule has 142 valence electrons. The van der Waals surface area contributed by atoms with Crippen LogP contribution in [-0.2, 0) is 0 Å². The van der Waals surface area contributed by atoms with Gasteiger partial charge in [0.2, 0.25) is 0 Å². The molecule has 2 aliphatic rings. The van der Waals surface area contributed by atoms with Crippen molar-refractivity contribution in [3.05, 3.63) is 42.7 Å². The van der Waals surface area contributed by atoms with Gasteiger partial charge in [-0.3, -0.25) is 0 Å². The van der Waals surface area contributed by atoms with Gasteiger partial charge >= 0.3 is 14.2 Å². The van der Waals surface area contributed by atoms with Gasteiger partial charge in [0.25, 0.3) is 20.9 Å². The molecule has 2 saturated heterocycles. The molecule has 0 amide bonds. The van der Waals surface area contributed by atoms with E-state index in [0.717, 1.165) is 11.4 Å². The lowest BCUT2D eigenvalue weighted by atomic mass is 9.37. The second-order valence-corrected chi connectivity index (χ2v) is 8.22. The van der Waals surface area contributed by atoms with Crippen LogP contribution in [0, 0.1) is 0 Å². The van der Waals surface area contributed by atoms with Crippen molar-refractivity contribution in [2.45, 2.75) is 20.5 Å². The van der Waals surface area contributed by atoms with Crippen LogP contribution in [0.25, 0.3) is 11.4 Å². The van der Waals surface area contributed by atoms with E-state index in [-0.39, 0.29) is 21.2 Å². The van der Waals surface area contributed by atoms with Gasteiger partial charge in [0.1, 0.15) is 5.82 Å². The van der Waals surface area contributed by atoms with E-state index >= 15 is 0 Å². The van der Waals surface area contributed by atoms with Gasteiger partial charge in [-0.15, -0.1) is 0 Å². The third-order valence-electron chi connectivity index (χ3n) is 6.89. The summed E-state index contributed by atoms with van der Waals surface area (Å²) in [5.41, 5.74) is 1.14. The number of hydrogen-bond donors (Lipinski definition) is 0. The molecule has 1 aromatic carbocycles. The van der Waals surface area contributed by atoms with Crippen LogP contribution < -0.4 is 0 Å². The highest BCUT2D eigenvalue weighted by molar-refractivity contribution is 6.98. The van der Waals surface area contributed by atoms with Crippen LogP contribution in [-0.4, -0.2) is 96.4 Å². The van der Waals surface area contributed by atoms with E-state index in [4.69, 9.17) is 4.98 Å². The maximum atomic E-state index is 4.69. The quantitative estimate of drug-likeness (QED) is 0.725. The summed E-state index contributed by atoms with van der Waals surface area (Å²) in [7, 11) is 9.16. The Balaban J connectivity index is 1.76. The standard InChI is InChI=1S/C16H28B5N7/c1-17-23(4)18(2)28-19(3)25(6)20(26(7)21(28)24(17)5)27-14-13-22-16(27)15-11-9-8-10-12-15/h8-14H,1-7H3. The van der Waals surface area contributed by atoms with Crippen LogP contribution in [0.2, 0.25) is 20.5 Å². The molecule has 0 spiro atoms. The summed E-state index contributed by atoms with van der Waals surface area (Å²) < 4.78 is 14.6. The molecule has 0 saturated carbocycles. The van der Waals surface area contributed by atoms with E-state index in [1.54, 1.807) is 0 Å². The third-order valence-corrected chi connectivity index (χ3v) is 6.89. The average Bonchev–Trinajstić information content (AvgIpc) is 3.17. The summed E-state index contributed by atoms with van der Waals surface area (Å²) in [4.78, 5) is 4.69. The normalized spacial score (nSPS) is 21.0. The first-order chi connectivity index (χ1) is 13.3. The fraction of sp³-hybridized carbons (Fsp3) is 0.438. The van der Waals surface area contributed by atoms with Crippen LogP contribution in [0.4, 0.5) is 0 Å². The van der Waals surface area contributed by atoms with E-state index < -0.39 is 0 Å². The molecule has 2 aromatic rings. The van der Waals surface area contributed by atoms with E-state index in [9.17, 15) is 0 Å². The van der Waals surface area contributed by atoms with Gasteiger partial charge in [0.15, 0.2) is 0 Å². The van der Waals surface area contributed by atoms with Crippen molar-refractivity contribution in [1.29, 1.82) is 0 Å². The molecule has 0 N–H and O–H groups in total. The topological polar surface area (TPSA) is 34.0 Å². The van der Waals surface area contributed by atoms with Crippen LogP contribution in [0.1, 0.15) is 0 Å². The van der Waals surface area contributed by atoms with Gasteiger partial charge in [-0.05, 0) is 28.2 Å². The number of benzene rings is 1. The monoisotopic (exact) mass is 373 g/mol. The van der Waals surface area contributed by atoms with Crippen molar-refractivity contribution >= 4 is 35.2 Å². The average molecular weight is 373 g/mol. The zero-order chi connectivity index (χ0) is 20.2. The minimum absolute atomic E-state index is 0.0826. The highest BCUT2D eigenvalue weighted by Crippen LogP contribution is 2.28. The summed E-state index contributed by atoms with van der Waals surface area (Å²) in [5, 5.41) is 0. The fourth-order valence-corrected chi connectivity index (χ4v) is 4.92. The van der Waals surface area contributed by atoms with E-state index in [1.165, 1.54) is 0 Å². The van der Waals surface area contributed by atoms with Crippen molar-refractivity contribution in [1.82, 2.24) is 33.0 Å². The molecular formula is C16H28B5N7. The first-order valence-electron chi connectivity index (χ1n) is 10.1. The summed E-state index contributed by atoms with van der Waals surface area (Å²) in [6.07, 6.45) is 4.01. The van der Waals surface area contributed by atoms with Crippen LogP contribution in [0.3, 0.4) is 0 Å². The molecule has 0 bridgehead atoms. The predicted octanol–water partition coefficient (Wildman–Crippen LogP) is 0.778. The van der Waals surface area contributed by atoms with Crippen LogP contribution >= 0.6 is 0 Å². The van der Waals surface area contributed by atoms with Crippen molar-refractivity contribution in [2.24, 2.45) is 0 Å². The van der Waals surface area contributed by atoms with Crippen molar-refractivity contribution in [2.75, 3.05) is 28.2 Å². The lowest BCUT2D eigenvalue weighted by Crippen LogP contribution is -2.88. The second-order valence-electron chi connectivity index (χ2n) is 8.22. The molecule has 2 aliphatic heterocycles. The van der Waals surface area contributed by atoms with Crippen molar-refractivity contribution in [3.63, 3.8) is 0 Å². The summed E-state index contributed by atoms with van der Waals surface area (Å²) in [6.45, 7) is 7.90. The zero-order valence-electron chi connectivity index (χ0n) is 18.1. The largest absolute Gasteiger partial charge is 0.422 e. The molecule has 12 heteroatoms. The summed E-state index contributed by atoms with van der Waals surface area (Å²) in [6, 6.07) is 10.4. The number of hydrogen-bond acceptors (Lipinski definition) is 6. The minimum Gasteiger partial charge on any atom is -0.372 e. The minimum atomic E-state index is 0.0826. The molecule has 28 heavy (non-hydrogen) atoms. The van der Waals surface area contributed by atoms with Crippen LogP contribution in [0.5, 0.6) is 0 Å². The molecule has 2 fully saturated rings. The molecule has 7 nitrogen and oxygen atoms in total. The van der Waals surface area contributed by atoms with E-state index in [0.29, 0.717) is 14.0 Å². The molecule has 0 atom stereocenters. The summed E-state index contributed by atoms with van der Waals surface area (Å²) in [5.74, 6) is 1.00. The Morgan fingerprint density at radius 3 is 2.00 bits per heavy atom. The predicted molar refractivity (Wildman–Crippen MR) is 122 cm³/mol. The fourth-order valence-electron chi connectivity index (χ4n) is 4.92. The molecule has 0 unspecified atom stereocenters. The van der Waals surface area contributed by atoms with Crippen molar-refractivity contribution < 1.29 is 0 Å². The van der Waals surface area contributed by atoms with Gasteiger partial charge < -0.3 is 28.0 Å². The van der Waals surface area contributed by atoms with Gasteiger partial charge in [-0.25, -0.2) is 4.98 Å². The zero-order valence-corrected chi connectivity index (χ0v) is 18.1. The van der Waals surface area contributed by atoms with Crippen molar-refractivity contribution in [3.8, 4) is 11.4 Å². The third kappa shape index (κ3) is 2.90. The van der Waals surface area contributed by atoms with Gasteiger partial charge in [0, 0.05) is 18.0 Å². The van der Waals surface area contributed by atoms with Gasteiger partial charge in [-0.1, -0.05) is 50.8 Å². The number of nitrogens with zero attached hydrogens (tertiary/aromatic N) is 7. The van der Waals surface area contributed by atoms with Gasteiger partial charge in [0.05, 0.1) is 0 Å². The van der Waals surface area contributed by atoms with Crippen LogP contribution in [0.15, 0.2) is 42.7 Å². The lowest BCUT2D eigenvalue weighted by molar-refractivity contribution is 0.468. The Bertz CT molecular complexity index is 823. The number of aromatic nitrogens is 2. The Morgan fingerprint density at radius 2 is 1.32 bits per heavy atom. The van der Waals surface area contributed by atoms with E-state index in [2.05, 4.69) is 107 Å². The molecule has 0 radical (unpaired) electrons. The molecule has 4 rings (SSSR count). The Hall–Kier alpha value is -1.45. The molecule has 0 aliphatic carbocycles. The molecular weight excluding hydrogens is 344 g/mol.